The van der Waals surface area contributed by atoms with E-state index in [1.54, 1.807) is 6.92 Å². The van der Waals surface area contributed by atoms with Crippen LogP contribution in [0.5, 0.6) is 0 Å². The number of carbonyl (C=O) groups is 2. The fourth-order valence-electron chi connectivity index (χ4n) is 7.19. The molecule has 1 N–H and O–H groups in total. The molecule has 7 atom stereocenters. The van der Waals surface area contributed by atoms with Crippen LogP contribution in [0, 0.1) is 34.5 Å². The largest absolute Gasteiger partial charge is 0.431 e. The summed E-state index contributed by atoms with van der Waals surface area (Å²) in [6, 6.07) is 0. The van der Waals surface area contributed by atoms with Crippen LogP contribution in [0.4, 0.5) is 0 Å². The predicted molar refractivity (Wildman–Crippen MR) is 102 cm³/mol. The van der Waals surface area contributed by atoms with Gasteiger partial charge in [0.15, 0.2) is 0 Å². The average molecular weight is 373 g/mol. The molecule has 0 saturated heterocycles. The molecule has 0 aromatic rings. The number of ether oxygens (including phenoxy) is 1. The molecule has 148 valence electrons. The molecule has 0 radical (unpaired) electrons. The normalized spacial score (nSPS) is 45.7. The molecule has 2 saturated carbocycles. The first kappa shape index (κ1) is 18.9. The van der Waals surface area contributed by atoms with E-state index in [0.29, 0.717) is 17.8 Å². The third-order valence-electron chi connectivity index (χ3n) is 8.61. The molecule has 4 nitrogen and oxygen atoms in total. The summed E-state index contributed by atoms with van der Waals surface area (Å²) in [5.74, 6) is 2.11. The van der Waals surface area contributed by atoms with Crippen molar-refractivity contribution in [2.75, 3.05) is 0 Å². The second kappa shape index (κ2) is 6.30. The monoisotopic (exact) mass is 372 g/mol. The van der Waals surface area contributed by atoms with E-state index in [9.17, 15) is 14.7 Å². The molecule has 2 fully saturated rings. The number of aliphatic hydroxyl groups is 1. The number of esters is 1. The summed E-state index contributed by atoms with van der Waals surface area (Å²) in [5, 5.41) is 11.2. The van der Waals surface area contributed by atoms with E-state index < -0.39 is 6.10 Å². The van der Waals surface area contributed by atoms with E-state index in [1.807, 2.05) is 0 Å². The number of fused-ring (bicyclic) bond motifs is 5. The molecule has 27 heavy (non-hydrogen) atoms. The van der Waals surface area contributed by atoms with Gasteiger partial charge in [0, 0.05) is 24.7 Å². The highest BCUT2D eigenvalue weighted by Gasteiger charge is 2.62. The second-order valence-electron chi connectivity index (χ2n) is 9.75. The van der Waals surface area contributed by atoms with Gasteiger partial charge in [-0.15, -0.1) is 0 Å². The van der Waals surface area contributed by atoms with Crippen molar-refractivity contribution in [2.24, 2.45) is 34.5 Å². The quantitative estimate of drug-likeness (QED) is 0.739. The van der Waals surface area contributed by atoms with Gasteiger partial charge in [-0.25, -0.2) is 0 Å². The molecule has 4 rings (SSSR count). The Kier molecular flexibility index (Phi) is 4.41. The number of hydrogen-bond acceptors (Lipinski definition) is 4. The highest BCUT2D eigenvalue weighted by Crippen LogP contribution is 2.66. The molecule has 0 heterocycles. The Morgan fingerprint density at radius 2 is 1.93 bits per heavy atom. The van der Waals surface area contributed by atoms with Crippen molar-refractivity contribution >= 4 is 11.8 Å². The van der Waals surface area contributed by atoms with E-state index in [2.05, 4.69) is 26.0 Å². The Morgan fingerprint density at radius 1 is 1.19 bits per heavy atom. The third kappa shape index (κ3) is 2.66. The summed E-state index contributed by atoms with van der Waals surface area (Å²) in [5.41, 5.74) is 1.01. The number of aliphatic hydroxyl groups excluding tert-OH is 1. The summed E-state index contributed by atoms with van der Waals surface area (Å²) in [6.45, 7) is 7.63. The van der Waals surface area contributed by atoms with Crippen molar-refractivity contribution in [3.05, 3.63) is 23.5 Å². The fraction of sp³-hybridized carbons (Fsp3) is 0.739. The summed E-state index contributed by atoms with van der Waals surface area (Å²) in [6.07, 6.45) is 9.43. The number of hydrogen-bond donors (Lipinski definition) is 1. The first-order valence-corrected chi connectivity index (χ1v) is 10.5. The molecular formula is C23H32O4. The standard InChI is InChI=1S/C23H32O4/c1-13(24)18-7-8-19-17-6-5-15-11-16(27-14(2)25)9-10-22(15,3)20(17)12-21(26)23(18,19)4/h5,11,17-21,26H,6-10,12H2,1-4H3/t17?,18-,19?,20?,21+,22+,23-/m1/s1. The van der Waals surface area contributed by atoms with Crippen LogP contribution in [0.1, 0.15) is 66.2 Å². The zero-order valence-electron chi connectivity index (χ0n) is 17.0. The summed E-state index contributed by atoms with van der Waals surface area (Å²) in [7, 11) is 0. The number of ketones is 1. The minimum Gasteiger partial charge on any atom is -0.431 e. The molecule has 3 unspecified atom stereocenters. The molecule has 0 bridgehead atoms. The molecule has 0 amide bonds. The number of carbonyl (C=O) groups excluding carboxylic acids is 2. The van der Waals surface area contributed by atoms with Gasteiger partial charge in [0.25, 0.3) is 0 Å². The van der Waals surface area contributed by atoms with Crippen LogP contribution >= 0.6 is 0 Å². The average Bonchev–Trinajstić information content (AvgIpc) is 2.95. The summed E-state index contributed by atoms with van der Waals surface area (Å²) in [4.78, 5) is 23.6. The van der Waals surface area contributed by atoms with Gasteiger partial charge in [0.05, 0.1) is 6.10 Å². The molecule has 0 aromatic heterocycles. The molecule has 4 aliphatic rings. The highest BCUT2D eigenvalue weighted by atomic mass is 16.5. The van der Waals surface area contributed by atoms with Crippen molar-refractivity contribution < 1.29 is 19.4 Å². The lowest BCUT2D eigenvalue weighted by atomic mass is 9.47. The Labute approximate surface area is 162 Å². The Hall–Kier alpha value is -1.42. The molecule has 4 heteroatoms. The third-order valence-corrected chi connectivity index (χ3v) is 8.61. The smallest absolute Gasteiger partial charge is 0.307 e. The minimum absolute atomic E-state index is 0.00143. The fourth-order valence-corrected chi connectivity index (χ4v) is 7.19. The van der Waals surface area contributed by atoms with E-state index in [4.69, 9.17) is 4.74 Å². The zero-order chi connectivity index (χ0) is 19.6. The van der Waals surface area contributed by atoms with E-state index in [0.717, 1.165) is 44.3 Å². The molecule has 0 aromatic carbocycles. The maximum absolute atomic E-state index is 12.3. The van der Waals surface area contributed by atoms with Crippen LogP contribution in [-0.2, 0) is 14.3 Å². The van der Waals surface area contributed by atoms with Crippen LogP contribution in [0.3, 0.4) is 0 Å². The molecular weight excluding hydrogens is 340 g/mol. The molecule has 4 aliphatic carbocycles. The first-order chi connectivity index (χ1) is 12.7. The van der Waals surface area contributed by atoms with Gasteiger partial charge in [-0.1, -0.05) is 19.9 Å². The Bertz CT molecular complexity index is 735. The van der Waals surface area contributed by atoms with Gasteiger partial charge in [0.1, 0.15) is 11.5 Å². The van der Waals surface area contributed by atoms with Crippen molar-refractivity contribution in [1.29, 1.82) is 0 Å². The van der Waals surface area contributed by atoms with Gasteiger partial charge >= 0.3 is 5.97 Å². The van der Waals surface area contributed by atoms with Crippen molar-refractivity contribution in [1.82, 2.24) is 0 Å². The van der Waals surface area contributed by atoms with Crippen molar-refractivity contribution in [3.8, 4) is 0 Å². The molecule has 0 spiro atoms. The van der Waals surface area contributed by atoms with Gasteiger partial charge in [-0.05, 0) is 73.8 Å². The van der Waals surface area contributed by atoms with Crippen LogP contribution < -0.4 is 0 Å². The van der Waals surface area contributed by atoms with E-state index >= 15 is 0 Å². The van der Waals surface area contributed by atoms with Gasteiger partial charge in [0.2, 0.25) is 0 Å². The van der Waals surface area contributed by atoms with Crippen LogP contribution in [0.15, 0.2) is 23.5 Å². The number of rotatable bonds is 2. The van der Waals surface area contributed by atoms with Gasteiger partial charge in [-0.3, -0.25) is 9.59 Å². The predicted octanol–water partition coefficient (Wildman–Crippen LogP) is 4.18. The Morgan fingerprint density at radius 3 is 2.59 bits per heavy atom. The summed E-state index contributed by atoms with van der Waals surface area (Å²) >= 11 is 0. The van der Waals surface area contributed by atoms with Crippen molar-refractivity contribution in [3.63, 3.8) is 0 Å². The lowest BCUT2D eigenvalue weighted by molar-refractivity contribution is -0.145. The van der Waals surface area contributed by atoms with Crippen LogP contribution in [-0.4, -0.2) is 23.0 Å². The Balaban J connectivity index is 1.68. The lowest BCUT2D eigenvalue weighted by Crippen LogP contribution is -2.56. The van der Waals surface area contributed by atoms with Gasteiger partial charge in [-0.2, -0.15) is 0 Å². The topological polar surface area (TPSA) is 63.6 Å². The molecule has 0 aliphatic heterocycles. The SMILES string of the molecule is CC(=O)OC1=CC2=CCC3C4CC[C@H](C(C)=O)[C@@]4(C)[C@@H](O)CC3[C@@]2(C)CC1. The van der Waals surface area contributed by atoms with Crippen LogP contribution in [0.25, 0.3) is 0 Å². The first-order valence-electron chi connectivity index (χ1n) is 10.5. The van der Waals surface area contributed by atoms with E-state index in [-0.39, 0.29) is 28.5 Å². The minimum atomic E-state index is -0.421. The number of Topliss-reactive ketones (excluding diaryl/α,β-unsaturated/α-hetero) is 1. The zero-order valence-corrected chi connectivity index (χ0v) is 17.0. The highest BCUT2D eigenvalue weighted by molar-refractivity contribution is 5.79. The lowest BCUT2D eigenvalue weighted by Gasteiger charge is -2.58. The maximum atomic E-state index is 12.3. The van der Waals surface area contributed by atoms with Crippen molar-refractivity contribution in [2.45, 2.75) is 72.3 Å². The van der Waals surface area contributed by atoms with E-state index in [1.165, 1.54) is 12.5 Å². The number of allylic oxidation sites excluding steroid dienone is 4. The van der Waals surface area contributed by atoms with Gasteiger partial charge < -0.3 is 9.84 Å². The maximum Gasteiger partial charge on any atom is 0.307 e. The second-order valence-corrected chi connectivity index (χ2v) is 9.75. The summed E-state index contributed by atoms with van der Waals surface area (Å²) < 4.78 is 5.36. The van der Waals surface area contributed by atoms with Crippen LogP contribution in [0.2, 0.25) is 0 Å².